The molecule has 0 bridgehead atoms. The topological polar surface area (TPSA) is 107 Å². The minimum absolute atomic E-state index is 0.116. The van der Waals surface area contributed by atoms with Crippen LogP contribution in [-0.4, -0.2) is 68.1 Å². The second-order valence-electron chi connectivity index (χ2n) is 7.52. The van der Waals surface area contributed by atoms with Gasteiger partial charge >= 0.3 is 6.61 Å². The van der Waals surface area contributed by atoms with Crippen molar-refractivity contribution < 1.29 is 23.1 Å². The molecule has 3 aromatic heterocycles. The third kappa shape index (κ3) is 5.24. The van der Waals surface area contributed by atoms with Gasteiger partial charge in [0.05, 0.1) is 11.9 Å². The molecule has 0 atom stereocenters. The lowest BCUT2D eigenvalue weighted by atomic mass is 10.1. The highest BCUT2D eigenvalue weighted by Crippen LogP contribution is 2.37. The summed E-state index contributed by atoms with van der Waals surface area (Å²) in [6, 6.07) is 6.36. The fraction of sp³-hybridized carbons (Fsp3) is 0.227. The van der Waals surface area contributed by atoms with E-state index in [-0.39, 0.29) is 40.7 Å². The highest BCUT2D eigenvalue weighted by atomic mass is 32.2. The van der Waals surface area contributed by atoms with Crippen molar-refractivity contribution in [3.63, 3.8) is 0 Å². The Kier molecular flexibility index (Phi) is 6.96. The van der Waals surface area contributed by atoms with Gasteiger partial charge in [-0.2, -0.15) is 19.0 Å². The Hall–Kier alpha value is -4.00. The van der Waals surface area contributed by atoms with Gasteiger partial charge in [-0.1, -0.05) is 0 Å². The van der Waals surface area contributed by atoms with Gasteiger partial charge in [0.15, 0.2) is 5.65 Å². The smallest absolute Gasteiger partial charge is 0.387 e. The lowest BCUT2D eigenvalue weighted by Crippen LogP contribution is -2.26. The second kappa shape index (κ2) is 10.1. The zero-order chi connectivity index (χ0) is 25.1. The summed E-state index contributed by atoms with van der Waals surface area (Å²) in [7, 11) is 3.20. The first-order valence-corrected chi connectivity index (χ1v) is 11.5. The Balaban J connectivity index is 1.79. The number of carbonyl (C=O) groups is 2. The Bertz CT molecular complexity index is 1390. The van der Waals surface area contributed by atoms with Crippen LogP contribution in [0.5, 0.6) is 5.75 Å². The summed E-state index contributed by atoms with van der Waals surface area (Å²) in [4.78, 5) is 31.7. The number of aromatic nitrogens is 5. The van der Waals surface area contributed by atoms with Crippen molar-refractivity contribution in [2.75, 3.05) is 25.7 Å². The minimum Gasteiger partial charge on any atom is -0.434 e. The van der Waals surface area contributed by atoms with E-state index in [1.165, 1.54) is 50.5 Å². The van der Waals surface area contributed by atoms with Gasteiger partial charge in [-0.25, -0.2) is 9.50 Å². The highest BCUT2D eigenvalue weighted by Gasteiger charge is 2.23. The standard InChI is InChI=1S/C22H21F2N7O3S/c1-29(2)18(32)12-30-11-16(27-21(33)15-10-26-31-8-4-7-25-20(15)31)19(28-30)14-9-13(35-3)5-6-17(14)34-22(23)24/h4-11,22H,12H2,1-3H3,(H,27,33). The Morgan fingerprint density at radius 2 is 2.09 bits per heavy atom. The third-order valence-electron chi connectivity index (χ3n) is 4.99. The third-order valence-corrected chi connectivity index (χ3v) is 5.71. The van der Waals surface area contributed by atoms with Gasteiger partial charge in [0, 0.05) is 43.1 Å². The molecular weight excluding hydrogens is 480 g/mol. The predicted molar refractivity (Wildman–Crippen MR) is 126 cm³/mol. The Labute approximate surface area is 202 Å². The molecule has 3 heterocycles. The number of alkyl halides is 2. The van der Waals surface area contributed by atoms with Gasteiger partial charge in [-0.05, 0) is 30.5 Å². The fourth-order valence-electron chi connectivity index (χ4n) is 3.27. The largest absolute Gasteiger partial charge is 0.434 e. The SMILES string of the molecule is CSc1ccc(OC(F)F)c(-c2nn(CC(=O)N(C)C)cc2NC(=O)c2cnn3cccnc23)c1. The van der Waals surface area contributed by atoms with Crippen LogP contribution in [0.1, 0.15) is 10.4 Å². The van der Waals surface area contributed by atoms with Crippen LogP contribution in [0, 0.1) is 0 Å². The number of halogens is 2. The molecule has 35 heavy (non-hydrogen) atoms. The van der Waals surface area contributed by atoms with Crippen LogP contribution in [0.25, 0.3) is 16.9 Å². The lowest BCUT2D eigenvalue weighted by Gasteiger charge is -2.12. The van der Waals surface area contributed by atoms with Crippen molar-refractivity contribution in [3.05, 3.63) is 54.6 Å². The number of nitrogens with one attached hydrogen (secondary N) is 1. The molecule has 10 nitrogen and oxygen atoms in total. The van der Waals surface area contributed by atoms with Gasteiger partial charge < -0.3 is 15.0 Å². The van der Waals surface area contributed by atoms with Crippen molar-refractivity contribution in [1.29, 1.82) is 0 Å². The number of nitrogens with zero attached hydrogens (tertiary/aromatic N) is 6. The van der Waals surface area contributed by atoms with E-state index in [1.54, 1.807) is 38.5 Å². The summed E-state index contributed by atoms with van der Waals surface area (Å²) in [5.74, 6) is -0.892. The number of hydrogen-bond acceptors (Lipinski definition) is 7. The maximum atomic E-state index is 13.1. The summed E-state index contributed by atoms with van der Waals surface area (Å²) in [5.41, 5.74) is 1.15. The summed E-state index contributed by atoms with van der Waals surface area (Å²) in [5, 5.41) is 11.3. The van der Waals surface area contributed by atoms with Crippen LogP contribution in [0.15, 0.2) is 53.9 Å². The molecule has 0 saturated heterocycles. The highest BCUT2D eigenvalue weighted by molar-refractivity contribution is 7.98. The monoisotopic (exact) mass is 501 g/mol. The summed E-state index contributed by atoms with van der Waals surface area (Å²) in [6.45, 7) is -3.18. The number of thioether (sulfide) groups is 1. The maximum Gasteiger partial charge on any atom is 0.387 e. The van der Waals surface area contributed by atoms with Gasteiger partial charge in [0.1, 0.15) is 23.6 Å². The molecular formula is C22H21F2N7O3S. The number of fused-ring (bicyclic) bond motifs is 1. The molecule has 182 valence electrons. The van der Waals surface area contributed by atoms with E-state index < -0.39 is 12.5 Å². The number of rotatable bonds is 8. The molecule has 0 saturated carbocycles. The van der Waals surface area contributed by atoms with Gasteiger partial charge in [0.2, 0.25) is 5.91 Å². The molecule has 0 spiro atoms. The minimum atomic E-state index is -3.06. The molecule has 4 aromatic rings. The molecule has 0 aliphatic rings. The van der Waals surface area contributed by atoms with E-state index in [0.29, 0.717) is 5.65 Å². The van der Waals surface area contributed by atoms with Crippen molar-refractivity contribution in [3.8, 4) is 17.0 Å². The van der Waals surface area contributed by atoms with Gasteiger partial charge in [-0.3, -0.25) is 14.3 Å². The quantitative estimate of drug-likeness (QED) is 0.370. The Morgan fingerprint density at radius 3 is 2.80 bits per heavy atom. The van der Waals surface area contributed by atoms with E-state index in [1.807, 2.05) is 6.26 Å². The van der Waals surface area contributed by atoms with Crippen molar-refractivity contribution >= 4 is 34.9 Å². The predicted octanol–water partition coefficient (Wildman–Crippen LogP) is 3.26. The van der Waals surface area contributed by atoms with Crippen LogP contribution >= 0.6 is 11.8 Å². The van der Waals surface area contributed by atoms with E-state index >= 15 is 0 Å². The van der Waals surface area contributed by atoms with Crippen molar-refractivity contribution in [2.24, 2.45) is 0 Å². The fourth-order valence-corrected chi connectivity index (χ4v) is 3.71. The summed E-state index contributed by atoms with van der Waals surface area (Å²) in [6.07, 6.45) is 7.86. The van der Waals surface area contributed by atoms with Crippen LogP contribution in [-0.2, 0) is 11.3 Å². The van der Waals surface area contributed by atoms with Crippen LogP contribution < -0.4 is 10.1 Å². The molecule has 1 N–H and O–H groups in total. The van der Waals surface area contributed by atoms with E-state index in [0.717, 1.165) is 4.90 Å². The molecule has 2 amide bonds. The molecule has 1 aromatic carbocycles. The average Bonchev–Trinajstić information content (AvgIpc) is 3.43. The maximum absolute atomic E-state index is 13.1. The molecule has 0 unspecified atom stereocenters. The number of carbonyl (C=O) groups excluding carboxylic acids is 2. The Morgan fingerprint density at radius 1 is 1.29 bits per heavy atom. The van der Waals surface area contributed by atoms with Crippen molar-refractivity contribution in [1.82, 2.24) is 29.3 Å². The lowest BCUT2D eigenvalue weighted by molar-refractivity contribution is -0.129. The number of hydrogen-bond donors (Lipinski definition) is 1. The first kappa shape index (κ1) is 24.1. The van der Waals surface area contributed by atoms with Gasteiger partial charge in [-0.15, -0.1) is 11.8 Å². The molecule has 4 rings (SSSR count). The average molecular weight is 502 g/mol. The van der Waals surface area contributed by atoms with Crippen molar-refractivity contribution in [2.45, 2.75) is 18.1 Å². The molecule has 0 fully saturated rings. The first-order valence-electron chi connectivity index (χ1n) is 10.3. The van der Waals surface area contributed by atoms with Gasteiger partial charge in [0.25, 0.3) is 5.91 Å². The van der Waals surface area contributed by atoms with Crippen LogP contribution in [0.3, 0.4) is 0 Å². The number of anilines is 1. The normalized spacial score (nSPS) is 11.1. The number of likely N-dealkylation sites (N-methyl/N-ethyl adjacent to an activating group) is 1. The molecule has 0 aliphatic carbocycles. The van der Waals surface area contributed by atoms with E-state index in [9.17, 15) is 18.4 Å². The summed E-state index contributed by atoms with van der Waals surface area (Å²) < 4.78 is 33.7. The number of ether oxygens (including phenoxy) is 1. The first-order chi connectivity index (χ1) is 16.8. The van der Waals surface area contributed by atoms with E-state index in [4.69, 9.17) is 4.74 Å². The zero-order valence-electron chi connectivity index (χ0n) is 19.0. The number of benzene rings is 1. The zero-order valence-corrected chi connectivity index (χ0v) is 19.8. The number of amides is 2. The van der Waals surface area contributed by atoms with Crippen LogP contribution in [0.4, 0.5) is 14.5 Å². The van der Waals surface area contributed by atoms with E-state index in [2.05, 4.69) is 20.5 Å². The van der Waals surface area contributed by atoms with Crippen LogP contribution in [0.2, 0.25) is 0 Å². The molecule has 0 radical (unpaired) electrons. The second-order valence-corrected chi connectivity index (χ2v) is 8.40. The summed E-state index contributed by atoms with van der Waals surface area (Å²) >= 11 is 1.40. The molecule has 13 heteroatoms. The molecule has 0 aliphatic heterocycles.